The predicted molar refractivity (Wildman–Crippen MR) is 82.6 cm³/mol. The molecule has 0 heterocycles. The van der Waals surface area contributed by atoms with Crippen LogP contribution >= 0.6 is 0 Å². The van der Waals surface area contributed by atoms with E-state index >= 15 is 0 Å². The van der Waals surface area contributed by atoms with Gasteiger partial charge >= 0.3 is 0 Å². The van der Waals surface area contributed by atoms with E-state index in [1.54, 1.807) is 0 Å². The molecular formula is C17H29NO. The van der Waals surface area contributed by atoms with Gasteiger partial charge in [0, 0.05) is 19.3 Å². The number of rotatable bonds is 11. The molecule has 0 bridgehead atoms. The first-order valence-corrected chi connectivity index (χ1v) is 7.71. The SMILES string of the molecule is CCCNC(CCCOCC)CCc1ccccc1. The van der Waals surface area contributed by atoms with Gasteiger partial charge in [-0.05, 0) is 51.1 Å². The van der Waals surface area contributed by atoms with Gasteiger partial charge < -0.3 is 10.1 Å². The summed E-state index contributed by atoms with van der Waals surface area (Å²) in [6.07, 6.45) is 5.96. The van der Waals surface area contributed by atoms with Crippen LogP contribution in [0.1, 0.15) is 45.1 Å². The fraction of sp³-hybridized carbons (Fsp3) is 0.647. The standard InChI is InChI=1S/C17H29NO/c1-3-14-18-17(11-8-15-19-4-2)13-12-16-9-6-5-7-10-16/h5-7,9-10,17-18H,3-4,8,11-15H2,1-2H3. The van der Waals surface area contributed by atoms with Crippen LogP contribution in [0.2, 0.25) is 0 Å². The first-order chi connectivity index (χ1) is 9.36. The second kappa shape index (κ2) is 11.0. The van der Waals surface area contributed by atoms with Gasteiger partial charge in [0.15, 0.2) is 0 Å². The van der Waals surface area contributed by atoms with Crippen LogP contribution in [0, 0.1) is 0 Å². The lowest BCUT2D eigenvalue weighted by Gasteiger charge is -2.18. The molecule has 1 unspecified atom stereocenters. The summed E-state index contributed by atoms with van der Waals surface area (Å²) in [7, 11) is 0. The van der Waals surface area contributed by atoms with Crippen molar-refractivity contribution in [3.63, 3.8) is 0 Å². The van der Waals surface area contributed by atoms with Crippen LogP contribution in [-0.2, 0) is 11.2 Å². The second-order valence-corrected chi connectivity index (χ2v) is 5.01. The number of hydrogen-bond donors (Lipinski definition) is 1. The molecule has 2 nitrogen and oxygen atoms in total. The maximum Gasteiger partial charge on any atom is 0.0466 e. The lowest BCUT2D eigenvalue weighted by molar-refractivity contribution is 0.140. The minimum absolute atomic E-state index is 0.626. The molecule has 0 fully saturated rings. The van der Waals surface area contributed by atoms with Gasteiger partial charge in [-0.15, -0.1) is 0 Å². The fourth-order valence-corrected chi connectivity index (χ4v) is 2.26. The Morgan fingerprint density at radius 1 is 1.11 bits per heavy atom. The van der Waals surface area contributed by atoms with Crippen molar-refractivity contribution in [2.24, 2.45) is 0 Å². The highest BCUT2D eigenvalue weighted by Gasteiger charge is 2.07. The summed E-state index contributed by atoms with van der Waals surface area (Å²) in [6.45, 7) is 7.13. The molecular weight excluding hydrogens is 234 g/mol. The summed E-state index contributed by atoms with van der Waals surface area (Å²) < 4.78 is 5.42. The van der Waals surface area contributed by atoms with Crippen molar-refractivity contribution in [2.45, 2.75) is 52.0 Å². The monoisotopic (exact) mass is 263 g/mol. The number of benzene rings is 1. The van der Waals surface area contributed by atoms with Crippen LogP contribution in [0.3, 0.4) is 0 Å². The highest BCUT2D eigenvalue weighted by atomic mass is 16.5. The quantitative estimate of drug-likeness (QED) is 0.613. The fourth-order valence-electron chi connectivity index (χ4n) is 2.26. The van der Waals surface area contributed by atoms with Crippen molar-refractivity contribution in [2.75, 3.05) is 19.8 Å². The van der Waals surface area contributed by atoms with Crippen molar-refractivity contribution in [1.82, 2.24) is 5.32 Å². The second-order valence-electron chi connectivity index (χ2n) is 5.01. The number of aryl methyl sites for hydroxylation is 1. The molecule has 1 aromatic carbocycles. The van der Waals surface area contributed by atoms with Gasteiger partial charge in [0.25, 0.3) is 0 Å². The minimum Gasteiger partial charge on any atom is -0.382 e. The smallest absolute Gasteiger partial charge is 0.0466 e. The van der Waals surface area contributed by atoms with Crippen LogP contribution in [0.4, 0.5) is 0 Å². The van der Waals surface area contributed by atoms with Crippen LogP contribution in [0.15, 0.2) is 30.3 Å². The molecule has 1 N–H and O–H groups in total. The zero-order valence-corrected chi connectivity index (χ0v) is 12.5. The largest absolute Gasteiger partial charge is 0.382 e. The molecule has 0 aliphatic heterocycles. The molecule has 19 heavy (non-hydrogen) atoms. The average Bonchev–Trinajstić information content (AvgIpc) is 2.46. The Balaban J connectivity index is 2.27. The first-order valence-electron chi connectivity index (χ1n) is 7.71. The van der Waals surface area contributed by atoms with E-state index in [2.05, 4.69) is 49.5 Å². The van der Waals surface area contributed by atoms with Crippen molar-refractivity contribution < 1.29 is 4.74 Å². The Morgan fingerprint density at radius 2 is 1.89 bits per heavy atom. The molecule has 0 aliphatic rings. The average molecular weight is 263 g/mol. The normalized spacial score (nSPS) is 12.5. The summed E-state index contributed by atoms with van der Waals surface area (Å²) in [4.78, 5) is 0. The molecule has 0 aromatic heterocycles. The zero-order valence-electron chi connectivity index (χ0n) is 12.5. The highest BCUT2D eigenvalue weighted by molar-refractivity contribution is 5.14. The summed E-state index contributed by atoms with van der Waals surface area (Å²) in [5.41, 5.74) is 1.44. The maximum atomic E-state index is 5.42. The van der Waals surface area contributed by atoms with Gasteiger partial charge in [-0.3, -0.25) is 0 Å². The van der Waals surface area contributed by atoms with Crippen molar-refractivity contribution in [3.05, 3.63) is 35.9 Å². The van der Waals surface area contributed by atoms with E-state index in [9.17, 15) is 0 Å². The summed E-state index contributed by atoms with van der Waals surface area (Å²) in [6, 6.07) is 11.4. The Kier molecular flexibility index (Phi) is 9.38. The van der Waals surface area contributed by atoms with Gasteiger partial charge in [0.05, 0.1) is 0 Å². The van der Waals surface area contributed by atoms with E-state index < -0.39 is 0 Å². The molecule has 108 valence electrons. The van der Waals surface area contributed by atoms with E-state index in [4.69, 9.17) is 4.74 Å². The van der Waals surface area contributed by atoms with E-state index in [0.29, 0.717) is 6.04 Å². The molecule has 0 amide bonds. The lowest BCUT2D eigenvalue weighted by Crippen LogP contribution is -2.30. The van der Waals surface area contributed by atoms with Crippen molar-refractivity contribution >= 4 is 0 Å². The number of hydrogen-bond acceptors (Lipinski definition) is 2. The maximum absolute atomic E-state index is 5.42. The molecule has 0 saturated heterocycles. The molecule has 0 saturated carbocycles. The van der Waals surface area contributed by atoms with Gasteiger partial charge in [-0.2, -0.15) is 0 Å². The Bertz CT molecular complexity index is 299. The Hall–Kier alpha value is -0.860. The first kappa shape index (κ1) is 16.2. The van der Waals surface area contributed by atoms with Crippen LogP contribution in [-0.4, -0.2) is 25.8 Å². The van der Waals surface area contributed by atoms with Crippen molar-refractivity contribution in [1.29, 1.82) is 0 Å². The third-order valence-electron chi connectivity index (χ3n) is 3.35. The summed E-state index contributed by atoms with van der Waals surface area (Å²) >= 11 is 0. The number of ether oxygens (including phenoxy) is 1. The van der Waals surface area contributed by atoms with Crippen LogP contribution < -0.4 is 5.32 Å². The minimum atomic E-state index is 0.626. The van der Waals surface area contributed by atoms with E-state index in [0.717, 1.165) is 32.6 Å². The molecule has 0 radical (unpaired) electrons. The molecule has 0 aliphatic carbocycles. The van der Waals surface area contributed by atoms with Crippen LogP contribution in [0.5, 0.6) is 0 Å². The zero-order chi connectivity index (χ0) is 13.8. The van der Waals surface area contributed by atoms with Crippen LogP contribution in [0.25, 0.3) is 0 Å². The van der Waals surface area contributed by atoms with Crippen molar-refractivity contribution in [3.8, 4) is 0 Å². The summed E-state index contributed by atoms with van der Waals surface area (Å²) in [5, 5.41) is 3.66. The summed E-state index contributed by atoms with van der Waals surface area (Å²) in [5.74, 6) is 0. The van der Waals surface area contributed by atoms with Gasteiger partial charge in [-0.25, -0.2) is 0 Å². The number of nitrogens with one attached hydrogen (secondary N) is 1. The Morgan fingerprint density at radius 3 is 2.58 bits per heavy atom. The highest BCUT2D eigenvalue weighted by Crippen LogP contribution is 2.09. The van der Waals surface area contributed by atoms with E-state index in [1.165, 1.54) is 24.8 Å². The molecule has 1 aromatic rings. The van der Waals surface area contributed by atoms with Gasteiger partial charge in [-0.1, -0.05) is 37.3 Å². The lowest BCUT2D eigenvalue weighted by atomic mass is 10.0. The predicted octanol–water partition coefficient (Wildman–Crippen LogP) is 3.80. The molecule has 2 heteroatoms. The third kappa shape index (κ3) is 8.02. The Labute approximate surface area is 118 Å². The third-order valence-corrected chi connectivity index (χ3v) is 3.35. The molecule has 1 atom stereocenters. The van der Waals surface area contributed by atoms with Gasteiger partial charge in [0.1, 0.15) is 0 Å². The van der Waals surface area contributed by atoms with E-state index in [1.807, 2.05) is 0 Å². The topological polar surface area (TPSA) is 21.3 Å². The molecule has 0 spiro atoms. The molecule has 1 rings (SSSR count). The van der Waals surface area contributed by atoms with E-state index in [-0.39, 0.29) is 0 Å². The van der Waals surface area contributed by atoms with Gasteiger partial charge in [0.2, 0.25) is 0 Å².